The third-order valence-electron chi connectivity index (χ3n) is 8.51. The van der Waals surface area contributed by atoms with Crippen LogP contribution in [0.1, 0.15) is 33.6 Å². The van der Waals surface area contributed by atoms with E-state index in [0.717, 1.165) is 0 Å². The SMILES string of the molecule is C=CCN(C(=O)C1N([C@@H](CO)[C@@H](C)CC)C(=O)[C@@H]2[C@H](C(=O)O)[C@@H]3CC(C)C12S3)c1ccc(OC)cc1. The van der Waals surface area contributed by atoms with E-state index in [4.69, 9.17) is 4.74 Å². The van der Waals surface area contributed by atoms with E-state index in [-0.39, 0.29) is 42.1 Å². The van der Waals surface area contributed by atoms with Gasteiger partial charge in [-0.25, -0.2) is 0 Å². The van der Waals surface area contributed by atoms with Gasteiger partial charge in [0.1, 0.15) is 11.8 Å². The normalized spacial score (nSPS) is 32.2. The molecule has 1 spiro atoms. The van der Waals surface area contributed by atoms with Crippen LogP contribution in [0.25, 0.3) is 0 Å². The molecule has 3 saturated heterocycles. The summed E-state index contributed by atoms with van der Waals surface area (Å²) in [7, 11) is 1.57. The molecule has 3 aliphatic rings. The Hall–Kier alpha value is -2.52. The Morgan fingerprint density at radius 1 is 1.36 bits per heavy atom. The van der Waals surface area contributed by atoms with Crippen LogP contribution in [0.5, 0.6) is 5.75 Å². The molecule has 196 valence electrons. The second-order valence-electron chi connectivity index (χ2n) is 10.2. The number of methoxy groups -OCH3 is 1. The molecule has 36 heavy (non-hydrogen) atoms. The minimum Gasteiger partial charge on any atom is -0.497 e. The van der Waals surface area contributed by atoms with Gasteiger partial charge in [0.25, 0.3) is 5.91 Å². The number of carbonyl (C=O) groups is 3. The van der Waals surface area contributed by atoms with Crippen molar-refractivity contribution in [2.45, 2.75) is 55.7 Å². The van der Waals surface area contributed by atoms with Crippen LogP contribution in [0.4, 0.5) is 5.69 Å². The van der Waals surface area contributed by atoms with Gasteiger partial charge in [0.2, 0.25) is 5.91 Å². The van der Waals surface area contributed by atoms with E-state index < -0.39 is 34.6 Å². The summed E-state index contributed by atoms with van der Waals surface area (Å²) in [6.07, 6.45) is 2.98. The number of aliphatic carboxylic acids is 1. The smallest absolute Gasteiger partial charge is 0.308 e. The van der Waals surface area contributed by atoms with Crippen LogP contribution in [0.3, 0.4) is 0 Å². The number of hydrogen-bond acceptors (Lipinski definition) is 6. The van der Waals surface area contributed by atoms with Crippen molar-refractivity contribution in [3.05, 3.63) is 36.9 Å². The van der Waals surface area contributed by atoms with Crippen LogP contribution >= 0.6 is 11.8 Å². The van der Waals surface area contributed by atoms with Crippen LogP contribution in [-0.2, 0) is 14.4 Å². The summed E-state index contributed by atoms with van der Waals surface area (Å²) in [5, 5.41) is 20.3. The molecule has 0 radical (unpaired) electrons. The van der Waals surface area contributed by atoms with Gasteiger partial charge in [0.15, 0.2) is 0 Å². The first-order valence-corrected chi connectivity index (χ1v) is 13.5. The maximum atomic E-state index is 14.5. The number of carboxylic acids is 1. The van der Waals surface area contributed by atoms with Gasteiger partial charge < -0.3 is 24.7 Å². The Morgan fingerprint density at radius 2 is 2.03 bits per heavy atom. The molecule has 2 bridgehead atoms. The average molecular weight is 517 g/mol. The van der Waals surface area contributed by atoms with Crippen LogP contribution in [0, 0.1) is 23.7 Å². The van der Waals surface area contributed by atoms with Crippen LogP contribution in [0.2, 0.25) is 0 Å². The highest BCUT2D eigenvalue weighted by atomic mass is 32.2. The summed E-state index contributed by atoms with van der Waals surface area (Å²) < 4.78 is 4.40. The average Bonchev–Trinajstić information content (AvgIpc) is 3.46. The van der Waals surface area contributed by atoms with Crippen molar-refractivity contribution >= 4 is 35.2 Å². The van der Waals surface area contributed by atoms with Crippen LogP contribution < -0.4 is 9.64 Å². The second-order valence-corrected chi connectivity index (χ2v) is 11.8. The van der Waals surface area contributed by atoms with E-state index in [0.29, 0.717) is 24.3 Å². The molecule has 8 nitrogen and oxygen atoms in total. The van der Waals surface area contributed by atoms with E-state index in [9.17, 15) is 24.6 Å². The standard InChI is InChI=1S/C27H36N2O6S/c1-6-12-28(17-8-10-18(35-5)11-9-17)25(32)23-27-16(4)13-20(36-27)21(26(33)34)22(27)24(31)29(23)19(14-30)15(3)7-2/h6,8-11,15-16,19-23,30H,1,7,12-14H2,2-5H3,(H,33,34)/t15-,16?,19-,20-,21+,22-,23?,27?/m0/s1. The van der Waals surface area contributed by atoms with Crippen molar-refractivity contribution in [1.29, 1.82) is 0 Å². The number of aliphatic hydroxyl groups excluding tert-OH is 1. The van der Waals surface area contributed by atoms with Gasteiger partial charge in [-0.1, -0.05) is 33.3 Å². The summed E-state index contributed by atoms with van der Waals surface area (Å²) in [6.45, 7) is 9.73. The summed E-state index contributed by atoms with van der Waals surface area (Å²) >= 11 is 1.50. The van der Waals surface area contributed by atoms with Gasteiger partial charge in [0, 0.05) is 17.5 Å². The number of aliphatic hydroxyl groups is 1. The molecule has 0 aromatic heterocycles. The molecule has 4 rings (SSSR count). The summed E-state index contributed by atoms with van der Waals surface area (Å²) in [5.74, 6) is -2.69. The number of thioether (sulfide) groups is 1. The fraction of sp³-hybridized carbons (Fsp3) is 0.593. The Morgan fingerprint density at radius 3 is 2.56 bits per heavy atom. The van der Waals surface area contributed by atoms with E-state index in [1.165, 1.54) is 11.8 Å². The number of likely N-dealkylation sites (tertiary alicyclic amines) is 1. The molecular weight excluding hydrogens is 480 g/mol. The predicted molar refractivity (Wildman–Crippen MR) is 139 cm³/mol. The lowest BCUT2D eigenvalue weighted by atomic mass is 9.66. The number of carboxylic acid groups (broad SMARTS) is 1. The molecule has 3 unspecified atom stereocenters. The van der Waals surface area contributed by atoms with Crippen LogP contribution in [-0.4, -0.2) is 75.2 Å². The number of anilines is 1. The number of fused-ring (bicyclic) bond motifs is 1. The Bertz CT molecular complexity index is 1030. The number of amides is 2. The van der Waals surface area contributed by atoms with E-state index >= 15 is 0 Å². The molecule has 0 aliphatic carbocycles. The molecule has 3 fully saturated rings. The van der Waals surface area contributed by atoms with Gasteiger partial charge >= 0.3 is 5.97 Å². The fourth-order valence-electron chi connectivity index (χ4n) is 6.55. The van der Waals surface area contributed by atoms with Gasteiger partial charge in [0.05, 0.1) is 36.3 Å². The number of benzene rings is 1. The van der Waals surface area contributed by atoms with Gasteiger partial charge in [-0.05, 0) is 42.5 Å². The molecule has 9 heteroatoms. The lowest BCUT2D eigenvalue weighted by Crippen LogP contribution is -2.60. The lowest BCUT2D eigenvalue weighted by molar-refractivity contribution is -0.150. The molecular formula is C27H36N2O6S. The molecule has 3 heterocycles. The highest BCUT2D eigenvalue weighted by Gasteiger charge is 2.77. The summed E-state index contributed by atoms with van der Waals surface area (Å²) in [4.78, 5) is 44.2. The fourth-order valence-corrected chi connectivity index (χ4v) is 8.95. The third-order valence-corrected chi connectivity index (χ3v) is 10.6. The molecule has 1 aromatic carbocycles. The van der Waals surface area contributed by atoms with Gasteiger partial charge in [-0.2, -0.15) is 0 Å². The van der Waals surface area contributed by atoms with E-state index in [1.807, 2.05) is 20.8 Å². The molecule has 0 saturated carbocycles. The first-order chi connectivity index (χ1) is 17.2. The molecule has 2 amide bonds. The number of ether oxygens (including phenoxy) is 1. The van der Waals surface area contributed by atoms with Crippen molar-refractivity contribution in [3.63, 3.8) is 0 Å². The number of carbonyl (C=O) groups excluding carboxylic acids is 2. The van der Waals surface area contributed by atoms with Gasteiger partial charge in [-0.15, -0.1) is 18.3 Å². The minimum absolute atomic E-state index is 0.0336. The van der Waals surface area contributed by atoms with Crippen molar-refractivity contribution in [1.82, 2.24) is 4.90 Å². The highest BCUT2D eigenvalue weighted by Crippen LogP contribution is 2.69. The minimum atomic E-state index is -0.991. The zero-order chi connectivity index (χ0) is 26.4. The van der Waals surface area contributed by atoms with Gasteiger partial charge in [-0.3, -0.25) is 14.4 Å². The molecule has 3 aliphatic heterocycles. The van der Waals surface area contributed by atoms with Crippen molar-refractivity contribution in [3.8, 4) is 5.75 Å². The first kappa shape index (κ1) is 26.5. The first-order valence-electron chi connectivity index (χ1n) is 12.6. The number of rotatable bonds is 10. The lowest BCUT2D eigenvalue weighted by Gasteiger charge is -2.43. The van der Waals surface area contributed by atoms with Crippen molar-refractivity contribution in [2.75, 3.05) is 25.2 Å². The zero-order valence-electron chi connectivity index (χ0n) is 21.3. The Balaban J connectivity index is 1.86. The predicted octanol–water partition coefficient (Wildman–Crippen LogP) is 3.04. The Kier molecular flexibility index (Phi) is 7.44. The topological polar surface area (TPSA) is 107 Å². The number of nitrogens with zero attached hydrogens (tertiary/aromatic N) is 2. The largest absolute Gasteiger partial charge is 0.497 e. The quantitative estimate of drug-likeness (QED) is 0.460. The van der Waals surface area contributed by atoms with Crippen molar-refractivity contribution < 1.29 is 29.3 Å². The molecule has 1 aromatic rings. The molecule has 2 N–H and O–H groups in total. The summed E-state index contributed by atoms with van der Waals surface area (Å²) in [5.41, 5.74) is 0.636. The van der Waals surface area contributed by atoms with Crippen molar-refractivity contribution in [2.24, 2.45) is 23.7 Å². The van der Waals surface area contributed by atoms with E-state index in [1.54, 1.807) is 47.3 Å². The molecule has 8 atom stereocenters. The third kappa shape index (κ3) is 3.82. The highest BCUT2D eigenvalue weighted by molar-refractivity contribution is 8.02. The maximum absolute atomic E-state index is 14.5. The van der Waals surface area contributed by atoms with Crippen LogP contribution in [0.15, 0.2) is 36.9 Å². The zero-order valence-corrected chi connectivity index (χ0v) is 22.1. The van der Waals surface area contributed by atoms with E-state index in [2.05, 4.69) is 6.58 Å². The second kappa shape index (κ2) is 10.1. The maximum Gasteiger partial charge on any atom is 0.308 e. The summed E-state index contributed by atoms with van der Waals surface area (Å²) in [6, 6.07) is 5.64. The monoisotopic (exact) mass is 516 g/mol. The Labute approximate surface area is 216 Å². The number of hydrogen-bond donors (Lipinski definition) is 2.